The summed E-state index contributed by atoms with van der Waals surface area (Å²) in [6.07, 6.45) is -1.35. The molecular formula is C10H11NaO11. The third-order valence-electron chi connectivity index (χ3n) is 1.65. The molecule has 0 spiro atoms. The Balaban J connectivity index is -0.000000348. The normalized spacial score (nSPS) is 9.86. The van der Waals surface area contributed by atoms with E-state index in [0.717, 1.165) is 0 Å². The van der Waals surface area contributed by atoms with E-state index >= 15 is 0 Å². The molecule has 0 aliphatic rings. The molecule has 0 rings (SSSR count). The zero-order chi connectivity index (χ0) is 17.2. The van der Waals surface area contributed by atoms with Crippen LogP contribution in [-0.4, -0.2) is 61.0 Å². The minimum Gasteiger partial charge on any atom is -0.545 e. The SMILES string of the molecule is O=C(O)CC(O)(CC(=O)O)C(=O)O.O=C([O-])/C=C/C(=O)O.[Na+]. The van der Waals surface area contributed by atoms with E-state index in [1.807, 2.05) is 0 Å². The van der Waals surface area contributed by atoms with E-state index in [4.69, 9.17) is 25.5 Å². The number of carbonyl (C=O) groups is 5. The van der Waals surface area contributed by atoms with Crippen LogP contribution in [0.2, 0.25) is 0 Å². The average molecular weight is 330 g/mol. The number of carboxylic acid groups (broad SMARTS) is 5. The summed E-state index contributed by atoms with van der Waals surface area (Å²) in [6.45, 7) is 0. The van der Waals surface area contributed by atoms with E-state index < -0.39 is 48.3 Å². The van der Waals surface area contributed by atoms with Gasteiger partial charge in [0.05, 0.1) is 18.8 Å². The molecule has 0 aliphatic heterocycles. The van der Waals surface area contributed by atoms with E-state index in [2.05, 4.69) is 0 Å². The number of rotatable bonds is 7. The van der Waals surface area contributed by atoms with Crippen LogP contribution < -0.4 is 34.7 Å². The van der Waals surface area contributed by atoms with Gasteiger partial charge in [-0.05, 0) is 6.08 Å². The Kier molecular flexibility index (Phi) is 13.3. The molecule has 0 heterocycles. The van der Waals surface area contributed by atoms with E-state index in [1.165, 1.54) is 0 Å². The van der Waals surface area contributed by atoms with Gasteiger partial charge in [0.1, 0.15) is 0 Å². The second-order valence-electron chi connectivity index (χ2n) is 3.47. The van der Waals surface area contributed by atoms with Crippen molar-refractivity contribution < 1.29 is 84.2 Å². The Morgan fingerprint density at radius 3 is 1.36 bits per heavy atom. The molecule has 0 saturated heterocycles. The van der Waals surface area contributed by atoms with Gasteiger partial charge in [-0.2, -0.15) is 0 Å². The van der Waals surface area contributed by atoms with Gasteiger partial charge in [-0.1, -0.05) is 0 Å². The van der Waals surface area contributed by atoms with E-state index in [9.17, 15) is 29.1 Å². The van der Waals surface area contributed by atoms with Crippen LogP contribution >= 0.6 is 0 Å². The van der Waals surface area contributed by atoms with Gasteiger partial charge in [0.2, 0.25) is 0 Å². The van der Waals surface area contributed by atoms with Crippen LogP contribution in [0.4, 0.5) is 0 Å². The molecule has 0 aromatic rings. The maximum absolute atomic E-state index is 10.3. The monoisotopic (exact) mass is 330 g/mol. The summed E-state index contributed by atoms with van der Waals surface area (Å²) >= 11 is 0. The molecule has 0 amide bonds. The molecule has 0 radical (unpaired) electrons. The van der Waals surface area contributed by atoms with Crippen molar-refractivity contribution in [2.24, 2.45) is 0 Å². The van der Waals surface area contributed by atoms with Crippen LogP contribution in [-0.2, 0) is 24.0 Å². The second kappa shape index (κ2) is 11.7. The number of hydrogen-bond donors (Lipinski definition) is 5. The Hall–Kier alpha value is -1.95. The van der Waals surface area contributed by atoms with Crippen molar-refractivity contribution in [3.63, 3.8) is 0 Å². The molecule has 0 atom stereocenters. The van der Waals surface area contributed by atoms with Crippen LogP contribution in [0, 0.1) is 0 Å². The maximum atomic E-state index is 10.3. The fourth-order valence-electron chi connectivity index (χ4n) is 0.853. The number of carbonyl (C=O) groups excluding carboxylic acids is 1. The van der Waals surface area contributed by atoms with Gasteiger partial charge in [0, 0.05) is 6.08 Å². The first-order valence-corrected chi connectivity index (χ1v) is 4.92. The Morgan fingerprint density at radius 2 is 1.23 bits per heavy atom. The second-order valence-corrected chi connectivity index (χ2v) is 3.47. The first-order valence-electron chi connectivity index (χ1n) is 4.92. The van der Waals surface area contributed by atoms with Crippen molar-refractivity contribution in [2.45, 2.75) is 18.4 Å². The van der Waals surface area contributed by atoms with Gasteiger partial charge >= 0.3 is 53.4 Å². The van der Waals surface area contributed by atoms with Crippen LogP contribution in [0.3, 0.4) is 0 Å². The number of aliphatic carboxylic acids is 5. The van der Waals surface area contributed by atoms with E-state index in [-0.39, 0.29) is 29.6 Å². The van der Waals surface area contributed by atoms with Crippen molar-refractivity contribution in [3.8, 4) is 0 Å². The predicted molar refractivity (Wildman–Crippen MR) is 58.9 cm³/mol. The van der Waals surface area contributed by atoms with E-state index in [0.29, 0.717) is 12.2 Å². The standard InChI is InChI=1S/C6H8O7.C4H4O4.Na/c7-3(8)1-6(13,5(11)12)2-4(9)10;5-3(6)1-2-4(7)8;/h13H,1-2H2,(H,7,8)(H,9,10)(H,11,12);1-2H,(H,5,6)(H,7,8);/q;;+1/p-1/b;2-1+;. The predicted octanol–water partition coefficient (Wildman–Crippen LogP) is -5.87. The molecule has 0 aliphatic carbocycles. The molecule has 5 N–H and O–H groups in total. The summed E-state index contributed by atoms with van der Waals surface area (Å²) < 4.78 is 0. The molecule has 0 saturated carbocycles. The van der Waals surface area contributed by atoms with Gasteiger partial charge in [0.25, 0.3) is 0 Å². The smallest absolute Gasteiger partial charge is 0.545 e. The van der Waals surface area contributed by atoms with Crippen LogP contribution in [0.15, 0.2) is 12.2 Å². The Labute approximate surface area is 144 Å². The quantitative estimate of drug-likeness (QED) is 0.219. The molecule has 11 nitrogen and oxygen atoms in total. The van der Waals surface area contributed by atoms with Gasteiger partial charge in [0.15, 0.2) is 5.60 Å². The molecule has 0 aromatic heterocycles. The summed E-state index contributed by atoms with van der Waals surface area (Å²) in [5.41, 5.74) is -2.74. The van der Waals surface area contributed by atoms with Crippen LogP contribution in [0.1, 0.15) is 12.8 Å². The first-order chi connectivity index (χ1) is 9.40. The largest absolute Gasteiger partial charge is 1.00 e. The average Bonchev–Trinajstić information content (AvgIpc) is 2.24. The zero-order valence-corrected chi connectivity index (χ0v) is 13.3. The van der Waals surface area contributed by atoms with Crippen LogP contribution in [0.25, 0.3) is 0 Å². The minimum atomic E-state index is -2.74. The Bertz CT molecular complexity index is 435. The zero-order valence-electron chi connectivity index (χ0n) is 11.3. The van der Waals surface area contributed by atoms with Gasteiger partial charge in [-0.15, -0.1) is 0 Å². The third kappa shape index (κ3) is 14.5. The fourth-order valence-corrected chi connectivity index (χ4v) is 0.853. The maximum Gasteiger partial charge on any atom is 1.00 e. The molecule has 118 valence electrons. The molecule has 12 heteroatoms. The summed E-state index contributed by atoms with van der Waals surface area (Å²) in [5, 5.41) is 51.0. The van der Waals surface area contributed by atoms with E-state index in [1.54, 1.807) is 0 Å². The van der Waals surface area contributed by atoms with Crippen molar-refractivity contribution >= 4 is 29.8 Å². The minimum absolute atomic E-state index is 0. The van der Waals surface area contributed by atoms with Crippen molar-refractivity contribution in [1.29, 1.82) is 0 Å². The number of hydrogen-bond acceptors (Lipinski definition) is 7. The molecule has 0 fully saturated rings. The molecule has 22 heavy (non-hydrogen) atoms. The number of aliphatic hydroxyl groups is 1. The summed E-state index contributed by atoms with van der Waals surface area (Å²) in [7, 11) is 0. The van der Waals surface area contributed by atoms with Crippen molar-refractivity contribution in [3.05, 3.63) is 12.2 Å². The third-order valence-corrected chi connectivity index (χ3v) is 1.65. The van der Waals surface area contributed by atoms with Gasteiger partial charge in [-0.25, -0.2) is 9.59 Å². The molecule has 0 bridgehead atoms. The topological polar surface area (TPSA) is 210 Å². The molecular weight excluding hydrogens is 319 g/mol. The summed E-state index contributed by atoms with van der Waals surface area (Å²) in [6, 6.07) is 0. The van der Waals surface area contributed by atoms with Gasteiger partial charge in [-0.3, -0.25) is 9.59 Å². The van der Waals surface area contributed by atoms with Crippen molar-refractivity contribution in [1.82, 2.24) is 0 Å². The first kappa shape index (κ1) is 25.0. The Morgan fingerprint density at radius 1 is 0.864 bits per heavy atom. The summed E-state index contributed by atoms with van der Waals surface area (Å²) in [4.78, 5) is 49.5. The fraction of sp³-hybridized carbons (Fsp3) is 0.300. The molecule has 0 aromatic carbocycles. The summed E-state index contributed by atoms with van der Waals surface area (Å²) in [5.74, 6) is -7.82. The number of carboxylic acids is 5. The molecule has 0 unspecified atom stereocenters. The van der Waals surface area contributed by atoms with Gasteiger partial charge < -0.3 is 35.4 Å². The van der Waals surface area contributed by atoms with Crippen molar-refractivity contribution in [2.75, 3.05) is 0 Å². The van der Waals surface area contributed by atoms with Crippen LogP contribution in [0.5, 0.6) is 0 Å².